The molecular formula is C15H31NO7S. The summed E-state index contributed by atoms with van der Waals surface area (Å²) in [5.74, 6) is 0.515. The van der Waals surface area contributed by atoms with Crippen molar-refractivity contribution in [3.8, 4) is 0 Å². The van der Waals surface area contributed by atoms with E-state index in [2.05, 4.69) is 4.90 Å². The Morgan fingerprint density at radius 1 is 0.708 bits per heavy atom. The number of hydrogen-bond donors (Lipinski definition) is 0. The lowest BCUT2D eigenvalue weighted by Gasteiger charge is -2.26. The van der Waals surface area contributed by atoms with Gasteiger partial charge in [0, 0.05) is 26.7 Å². The lowest BCUT2D eigenvalue weighted by molar-refractivity contribution is -0.00911. The molecule has 1 rings (SSSR count). The molecule has 1 saturated heterocycles. The van der Waals surface area contributed by atoms with Gasteiger partial charge in [0.15, 0.2) is 9.84 Å². The first-order valence-corrected chi connectivity index (χ1v) is 10.2. The molecule has 24 heavy (non-hydrogen) atoms. The van der Waals surface area contributed by atoms with E-state index in [4.69, 9.17) is 23.7 Å². The van der Waals surface area contributed by atoms with Crippen LogP contribution < -0.4 is 0 Å². The summed E-state index contributed by atoms with van der Waals surface area (Å²) in [5.41, 5.74) is 0. The van der Waals surface area contributed by atoms with Crippen molar-refractivity contribution in [3.63, 3.8) is 0 Å². The molecule has 9 heteroatoms. The van der Waals surface area contributed by atoms with E-state index in [0.29, 0.717) is 72.6 Å². The van der Waals surface area contributed by atoms with Gasteiger partial charge in [0.1, 0.15) is 0 Å². The van der Waals surface area contributed by atoms with E-state index in [-0.39, 0.29) is 11.5 Å². The van der Waals surface area contributed by atoms with Crippen LogP contribution in [0.2, 0.25) is 0 Å². The maximum atomic E-state index is 11.3. The minimum Gasteiger partial charge on any atom is -0.382 e. The molecular weight excluding hydrogens is 338 g/mol. The van der Waals surface area contributed by atoms with Crippen LogP contribution in [0.25, 0.3) is 0 Å². The van der Waals surface area contributed by atoms with Crippen LogP contribution in [-0.4, -0.2) is 111 Å². The zero-order chi connectivity index (χ0) is 17.5. The Balaban J connectivity index is 1.75. The molecule has 0 saturated carbocycles. The minimum absolute atomic E-state index is 0.257. The van der Waals surface area contributed by atoms with Crippen LogP contribution in [0.4, 0.5) is 0 Å². The molecule has 1 aliphatic heterocycles. The van der Waals surface area contributed by atoms with Crippen LogP contribution in [0.3, 0.4) is 0 Å². The summed E-state index contributed by atoms with van der Waals surface area (Å²) in [7, 11) is -1.16. The van der Waals surface area contributed by atoms with Gasteiger partial charge in [0.2, 0.25) is 0 Å². The van der Waals surface area contributed by atoms with Gasteiger partial charge < -0.3 is 23.7 Å². The summed E-state index contributed by atoms with van der Waals surface area (Å²) in [6.07, 6.45) is 0. The molecule has 1 fully saturated rings. The summed E-state index contributed by atoms with van der Waals surface area (Å²) in [4.78, 5) is 2.12. The fraction of sp³-hybridized carbons (Fsp3) is 1.00. The zero-order valence-corrected chi connectivity index (χ0v) is 15.4. The first-order chi connectivity index (χ1) is 11.6. The number of nitrogens with zero attached hydrogens (tertiary/aromatic N) is 1. The number of sulfone groups is 1. The van der Waals surface area contributed by atoms with Crippen LogP contribution in [0, 0.1) is 0 Å². The van der Waals surface area contributed by atoms with E-state index in [9.17, 15) is 8.42 Å². The molecule has 0 N–H and O–H groups in total. The minimum atomic E-state index is -2.80. The highest BCUT2D eigenvalue weighted by Crippen LogP contribution is 2.02. The smallest absolute Gasteiger partial charge is 0.152 e. The number of ether oxygens (including phenoxy) is 5. The lowest BCUT2D eigenvalue weighted by Crippen LogP contribution is -2.41. The number of methoxy groups -OCH3 is 1. The molecule has 0 spiro atoms. The van der Waals surface area contributed by atoms with Crippen molar-refractivity contribution in [1.29, 1.82) is 0 Å². The second-order valence-electron chi connectivity index (χ2n) is 5.44. The molecule has 0 amide bonds. The quantitative estimate of drug-likeness (QED) is 0.355. The largest absolute Gasteiger partial charge is 0.382 e. The van der Waals surface area contributed by atoms with Crippen LogP contribution >= 0.6 is 0 Å². The van der Waals surface area contributed by atoms with E-state index in [1.807, 2.05) is 0 Å². The van der Waals surface area contributed by atoms with Gasteiger partial charge in [-0.05, 0) is 0 Å². The Kier molecular flexibility index (Phi) is 12.6. The van der Waals surface area contributed by atoms with E-state index >= 15 is 0 Å². The topological polar surface area (TPSA) is 83.5 Å². The standard InChI is InChI=1S/C15H31NO7S/c1-19-6-7-21-10-11-23-13-12-22-9-8-20-5-2-16-3-14-24(17,18)15-4-16/h2-15H2,1H3. The lowest BCUT2D eigenvalue weighted by atomic mass is 10.5. The van der Waals surface area contributed by atoms with Crippen molar-refractivity contribution in [3.05, 3.63) is 0 Å². The average Bonchev–Trinajstić information content (AvgIpc) is 2.56. The molecule has 0 atom stereocenters. The summed E-state index contributed by atoms with van der Waals surface area (Å²) in [6, 6.07) is 0. The second kappa shape index (κ2) is 13.9. The van der Waals surface area contributed by atoms with Gasteiger partial charge in [0.05, 0.1) is 71.0 Å². The first-order valence-electron chi connectivity index (χ1n) is 8.37. The summed E-state index contributed by atoms with van der Waals surface area (Å²) < 4.78 is 48.9. The molecule has 0 aromatic rings. The molecule has 0 bridgehead atoms. The van der Waals surface area contributed by atoms with Crippen molar-refractivity contribution in [1.82, 2.24) is 4.90 Å². The molecule has 144 valence electrons. The summed E-state index contributed by atoms with van der Waals surface area (Å²) in [5, 5.41) is 0. The van der Waals surface area contributed by atoms with Gasteiger partial charge in [0.25, 0.3) is 0 Å². The third kappa shape index (κ3) is 12.1. The molecule has 1 aliphatic rings. The monoisotopic (exact) mass is 369 g/mol. The zero-order valence-electron chi connectivity index (χ0n) is 14.6. The predicted molar refractivity (Wildman–Crippen MR) is 90.2 cm³/mol. The van der Waals surface area contributed by atoms with E-state index < -0.39 is 9.84 Å². The van der Waals surface area contributed by atoms with Crippen LogP contribution in [0.1, 0.15) is 0 Å². The highest BCUT2D eigenvalue weighted by Gasteiger charge is 2.20. The van der Waals surface area contributed by atoms with Gasteiger partial charge in [-0.25, -0.2) is 8.42 Å². The van der Waals surface area contributed by atoms with Gasteiger partial charge in [-0.3, -0.25) is 4.90 Å². The van der Waals surface area contributed by atoms with E-state index in [1.165, 1.54) is 0 Å². The number of hydrogen-bond acceptors (Lipinski definition) is 8. The normalized spacial score (nSPS) is 18.0. The number of rotatable bonds is 15. The second-order valence-corrected chi connectivity index (χ2v) is 7.74. The van der Waals surface area contributed by atoms with Crippen molar-refractivity contribution >= 4 is 9.84 Å². The Labute approximate surface area is 145 Å². The van der Waals surface area contributed by atoms with Crippen molar-refractivity contribution in [2.75, 3.05) is 97.7 Å². The first kappa shape index (κ1) is 21.8. The van der Waals surface area contributed by atoms with Gasteiger partial charge in [-0.1, -0.05) is 0 Å². The SMILES string of the molecule is COCCOCCOCCOCCOCCN1CCS(=O)(=O)CC1. The van der Waals surface area contributed by atoms with Crippen LogP contribution in [0.15, 0.2) is 0 Å². The van der Waals surface area contributed by atoms with E-state index in [0.717, 1.165) is 6.54 Å². The highest BCUT2D eigenvalue weighted by atomic mass is 32.2. The fourth-order valence-electron chi connectivity index (χ4n) is 2.07. The highest BCUT2D eigenvalue weighted by molar-refractivity contribution is 7.91. The van der Waals surface area contributed by atoms with Gasteiger partial charge in [-0.15, -0.1) is 0 Å². The Morgan fingerprint density at radius 2 is 1.12 bits per heavy atom. The summed E-state index contributed by atoms with van der Waals surface area (Å²) in [6.45, 7) is 7.00. The summed E-state index contributed by atoms with van der Waals surface area (Å²) >= 11 is 0. The molecule has 0 aromatic heterocycles. The van der Waals surface area contributed by atoms with Crippen molar-refractivity contribution in [2.45, 2.75) is 0 Å². The maximum Gasteiger partial charge on any atom is 0.152 e. The molecule has 0 unspecified atom stereocenters. The Hall–Kier alpha value is -0.290. The third-order valence-corrected chi connectivity index (χ3v) is 5.15. The predicted octanol–water partition coefficient (Wildman–Crippen LogP) is -0.570. The van der Waals surface area contributed by atoms with Gasteiger partial charge in [-0.2, -0.15) is 0 Å². The van der Waals surface area contributed by atoms with Gasteiger partial charge >= 0.3 is 0 Å². The Morgan fingerprint density at radius 3 is 1.58 bits per heavy atom. The average molecular weight is 369 g/mol. The van der Waals surface area contributed by atoms with Crippen LogP contribution in [-0.2, 0) is 33.5 Å². The molecule has 1 heterocycles. The molecule has 0 aromatic carbocycles. The van der Waals surface area contributed by atoms with Crippen LogP contribution in [0.5, 0.6) is 0 Å². The molecule has 0 radical (unpaired) electrons. The van der Waals surface area contributed by atoms with E-state index in [1.54, 1.807) is 7.11 Å². The fourth-order valence-corrected chi connectivity index (χ4v) is 3.35. The third-order valence-electron chi connectivity index (χ3n) is 3.54. The molecule has 8 nitrogen and oxygen atoms in total. The maximum absolute atomic E-state index is 11.3. The van der Waals surface area contributed by atoms with Crippen molar-refractivity contribution < 1.29 is 32.1 Å². The Bertz CT molecular complexity index is 377. The molecule has 0 aliphatic carbocycles. The van der Waals surface area contributed by atoms with Crippen molar-refractivity contribution in [2.24, 2.45) is 0 Å².